The number of rotatable bonds is 7. The van der Waals surface area contributed by atoms with E-state index >= 15 is 0 Å². The van der Waals surface area contributed by atoms with Gasteiger partial charge in [0.05, 0.1) is 11.0 Å². The molecule has 3 N–H and O–H groups in total. The number of ether oxygens (including phenoxy) is 1. The molecule has 1 unspecified atom stereocenters. The summed E-state index contributed by atoms with van der Waals surface area (Å²) in [5.41, 5.74) is 8.55. The van der Waals surface area contributed by atoms with Gasteiger partial charge in [-0.2, -0.15) is 5.10 Å². The predicted octanol–water partition coefficient (Wildman–Crippen LogP) is 3.67. The fourth-order valence-electron chi connectivity index (χ4n) is 3.53. The largest absolute Gasteiger partial charge is 0.444 e. The molecule has 9 nitrogen and oxygen atoms in total. The fraction of sp³-hybridized carbons (Fsp3) is 0.524. The van der Waals surface area contributed by atoms with Gasteiger partial charge in [-0.25, -0.2) is 19.4 Å². The summed E-state index contributed by atoms with van der Waals surface area (Å²) in [5.74, 6) is 1.26. The van der Waals surface area contributed by atoms with E-state index in [1.165, 1.54) is 0 Å². The molecule has 1 amide bonds. The molecular weight excluding hydrogens is 382 g/mol. The van der Waals surface area contributed by atoms with Crippen molar-refractivity contribution in [3.63, 3.8) is 0 Å². The number of nitrogens with one attached hydrogen (secondary N) is 1. The molecule has 2 heterocycles. The lowest BCUT2D eigenvalue weighted by Gasteiger charge is -2.20. The molecule has 0 saturated carbocycles. The van der Waals surface area contributed by atoms with Gasteiger partial charge in [-0.15, -0.1) is 0 Å². The van der Waals surface area contributed by atoms with Crippen LogP contribution in [0.1, 0.15) is 53.0 Å². The van der Waals surface area contributed by atoms with Crippen molar-refractivity contribution in [3.05, 3.63) is 24.5 Å². The van der Waals surface area contributed by atoms with E-state index in [2.05, 4.69) is 31.9 Å². The topological polar surface area (TPSA) is 113 Å². The number of aromatic nitrogens is 5. The molecule has 0 aliphatic rings. The Labute approximate surface area is 176 Å². The number of nitrogens with two attached hydrogens (primary N) is 1. The monoisotopic (exact) mass is 413 g/mol. The van der Waals surface area contributed by atoms with Gasteiger partial charge in [0.2, 0.25) is 5.95 Å². The Kier molecular flexibility index (Phi) is 6.28. The number of nitrogen functional groups attached to an aromatic ring is 1. The zero-order valence-corrected chi connectivity index (χ0v) is 18.3. The molecule has 0 aliphatic heterocycles. The minimum atomic E-state index is -0.487. The van der Waals surface area contributed by atoms with E-state index in [0.717, 1.165) is 41.7 Å². The lowest BCUT2D eigenvalue weighted by molar-refractivity contribution is 0.0527. The minimum absolute atomic E-state index is 0.144. The number of aryl methyl sites for hydroxylation is 1. The number of fused-ring (bicyclic) bond motifs is 1. The lowest BCUT2D eigenvalue weighted by Crippen LogP contribution is -2.33. The van der Waals surface area contributed by atoms with E-state index in [-0.39, 0.29) is 12.1 Å². The van der Waals surface area contributed by atoms with Gasteiger partial charge >= 0.3 is 6.09 Å². The van der Waals surface area contributed by atoms with Crippen molar-refractivity contribution in [1.82, 2.24) is 29.6 Å². The average molecular weight is 414 g/mol. The first-order valence-electron chi connectivity index (χ1n) is 10.2. The molecule has 9 heteroatoms. The van der Waals surface area contributed by atoms with Crippen LogP contribution in [-0.2, 0) is 11.8 Å². The van der Waals surface area contributed by atoms with Crippen LogP contribution in [0.2, 0.25) is 0 Å². The number of hydrogen-bond donors (Lipinski definition) is 2. The summed E-state index contributed by atoms with van der Waals surface area (Å²) in [6.45, 7) is 8.26. The van der Waals surface area contributed by atoms with Crippen LogP contribution in [0.4, 0.5) is 10.7 Å². The molecule has 2 aromatic heterocycles. The Bertz CT molecular complexity index is 1020. The fourth-order valence-corrected chi connectivity index (χ4v) is 3.53. The van der Waals surface area contributed by atoms with Crippen LogP contribution < -0.4 is 11.1 Å². The number of nitrogens with zero attached hydrogens (tertiary/aromatic N) is 5. The van der Waals surface area contributed by atoms with Crippen molar-refractivity contribution < 1.29 is 9.53 Å². The van der Waals surface area contributed by atoms with Crippen molar-refractivity contribution in [2.45, 2.75) is 58.6 Å². The Morgan fingerprint density at radius 1 is 1.30 bits per heavy atom. The number of alkyl carbamates (subject to hydrolysis) is 1. The van der Waals surface area contributed by atoms with Crippen LogP contribution in [0.3, 0.4) is 0 Å². The molecule has 3 rings (SSSR count). The second-order valence-electron chi connectivity index (χ2n) is 8.49. The Balaban J connectivity index is 1.67. The van der Waals surface area contributed by atoms with Crippen molar-refractivity contribution in [2.75, 3.05) is 12.3 Å². The molecular formula is C21H31N7O2. The van der Waals surface area contributed by atoms with E-state index in [1.54, 1.807) is 11.0 Å². The highest BCUT2D eigenvalue weighted by molar-refractivity contribution is 5.92. The Hall–Kier alpha value is -3.10. The molecule has 0 radical (unpaired) electrons. The SMILES string of the molecule is CC(CCCCNC(=O)OC(C)(C)C)n1c(N)nc2cccc(-c3ncnn3C)c21. The van der Waals surface area contributed by atoms with Crippen LogP contribution in [0.15, 0.2) is 24.5 Å². The quantitative estimate of drug-likeness (QED) is 0.572. The summed E-state index contributed by atoms with van der Waals surface area (Å²) < 4.78 is 9.07. The van der Waals surface area contributed by atoms with Gasteiger partial charge in [-0.1, -0.05) is 6.07 Å². The summed E-state index contributed by atoms with van der Waals surface area (Å²) in [5, 5.41) is 6.99. The van der Waals surface area contributed by atoms with Crippen molar-refractivity contribution in [3.8, 4) is 11.4 Å². The maximum Gasteiger partial charge on any atom is 0.407 e. The second kappa shape index (κ2) is 8.73. The molecule has 0 fully saturated rings. The van der Waals surface area contributed by atoms with Gasteiger partial charge in [0.25, 0.3) is 0 Å². The van der Waals surface area contributed by atoms with Crippen LogP contribution >= 0.6 is 0 Å². The molecule has 162 valence electrons. The van der Waals surface area contributed by atoms with E-state index < -0.39 is 5.60 Å². The normalized spacial score (nSPS) is 12.8. The number of carbonyl (C=O) groups is 1. The van der Waals surface area contributed by atoms with Gasteiger partial charge in [0.15, 0.2) is 5.82 Å². The number of hydrogen-bond acceptors (Lipinski definition) is 6. The average Bonchev–Trinajstić information content (AvgIpc) is 3.21. The number of para-hydroxylation sites is 1. The van der Waals surface area contributed by atoms with Crippen molar-refractivity contribution in [2.24, 2.45) is 7.05 Å². The van der Waals surface area contributed by atoms with Crippen LogP contribution in [0.5, 0.6) is 0 Å². The molecule has 0 bridgehead atoms. The molecule has 3 aromatic rings. The number of amides is 1. The molecule has 1 atom stereocenters. The maximum atomic E-state index is 11.7. The molecule has 0 aliphatic carbocycles. The molecule has 30 heavy (non-hydrogen) atoms. The first kappa shape index (κ1) is 21.6. The maximum absolute atomic E-state index is 11.7. The van der Waals surface area contributed by atoms with E-state index in [1.807, 2.05) is 46.0 Å². The highest BCUT2D eigenvalue weighted by atomic mass is 16.6. The third-order valence-corrected chi connectivity index (χ3v) is 4.85. The second-order valence-corrected chi connectivity index (χ2v) is 8.49. The standard InChI is InChI=1S/C21H31N7O2/c1-14(9-6-7-12-23-20(29)30-21(2,3)4)28-17-15(18-24-13-25-27(18)5)10-8-11-16(17)26-19(28)22/h8,10-11,13-14H,6-7,9,12H2,1-5H3,(H2,22,26)(H,23,29). The molecule has 0 saturated heterocycles. The number of anilines is 1. The lowest BCUT2D eigenvalue weighted by atomic mass is 10.1. The number of carbonyl (C=O) groups excluding carboxylic acids is 1. The van der Waals surface area contributed by atoms with Gasteiger partial charge in [0.1, 0.15) is 11.9 Å². The predicted molar refractivity (Wildman–Crippen MR) is 117 cm³/mol. The van der Waals surface area contributed by atoms with Gasteiger partial charge < -0.3 is 20.4 Å². The van der Waals surface area contributed by atoms with Crippen LogP contribution in [0.25, 0.3) is 22.4 Å². The third-order valence-electron chi connectivity index (χ3n) is 4.85. The summed E-state index contributed by atoms with van der Waals surface area (Å²) >= 11 is 0. The van der Waals surface area contributed by atoms with Gasteiger partial charge in [0, 0.05) is 25.2 Å². The Morgan fingerprint density at radius 3 is 2.73 bits per heavy atom. The summed E-state index contributed by atoms with van der Waals surface area (Å²) in [6.07, 6.45) is 3.85. The summed E-state index contributed by atoms with van der Waals surface area (Å²) in [6, 6.07) is 6.07. The first-order chi connectivity index (χ1) is 14.2. The van der Waals surface area contributed by atoms with Gasteiger partial charge in [-0.3, -0.25) is 0 Å². The zero-order valence-electron chi connectivity index (χ0n) is 18.3. The highest BCUT2D eigenvalue weighted by Gasteiger charge is 2.20. The first-order valence-corrected chi connectivity index (χ1v) is 10.2. The van der Waals surface area contributed by atoms with Crippen molar-refractivity contribution >= 4 is 23.1 Å². The third kappa shape index (κ3) is 4.90. The van der Waals surface area contributed by atoms with Crippen LogP contribution in [-0.4, -0.2) is 42.6 Å². The number of benzene rings is 1. The van der Waals surface area contributed by atoms with E-state index in [4.69, 9.17) is 10.5 Å². The number of imidazole rings is 1. The Morgan fingerprint density at radius 2 is 2.07 bits per heavy atom. The number of unbranched alkanes of at least 4 members (excludes halogenated alkanes) is 1. The molecule has 0 spiro atoms. The highest BCUT2D eigenvalue weighted by Crippen LogP contribution is 2.32. The summed E-state index contributed by atoms with van der Waals surface area (Å²) in [4.78, 5) is 20.7. The summed E-state index contributed by atoms with van der Waals surface area (Å²) in [7, 11) is 1.87. The zero-order chi connectivity index (χ0) is 21.9. The van der Waals surface area contributed by atoms with E-state index in [9.17, 15) is 4.79 Å². The molecule has 1 aromatic carbocycles. The van der Waals surface area contributed by atoms with Gasteiger partial charge in [-0.05, 0) is 59.1 Å². The smallest absolute Gasteiger partial charge is 0.407 e. The van der Waals surface area contributed by atoms with Crippen LogP contribution in [0, 0.1) is 0 Å². The van der Waals surface area contributed by atoms with E-state index in [0.29, 0.717) is 12.5 Å². The minimum Gasteiger partial charge on any atom is -0.444 e. The van der Waals surface area contributed by atoms with Crippen molar-refractivity contribution in [1.29, 1.82) is 0 Å².